The molecule has 0 spiro atoms. The number of hydrogen-bond donors (Lipinski definition) is 1. The number of fused-ring (bicyclic) bond motifs is 1. The zero-order valence-corrected chi connectivity index (χ0v) is 14.0. The summed E-state index contributed by atoms with van der Waals surface area (Å²) in [6.45, 7) is 3.80. The molecule has 3 aromatic rings. The minimum absolute atomic E-state index is 0.145. The quantitative estimate of drug-likeness (QED) is 0.588. The number of ether oxygens (including phenoxy) is 1. The summed E-state index contributed by atoms with van der Waals surface area (Å²) in [6, 6.07) is 9.72. The third-order valence-corrected chi connectivity index (χ3v) is 4.43. The van der Waals surface area contributed by atoms with Crippen molar-refractivity contribution in [1.29, 1.82) is 0 Å². The summed E-state index contributed by atoms with van der Waals surface area (Å²) in [7, 11) is 1.64. The molecule has 0 amide bonds. The monoisotopic (exact) mass is 327 g/mol. The number of rotatable bonds is 4. The lowest BCUT2D eigenvalue weighted by Crippen LogP contribution is -2.12. The first kappa shape index (κ1) is 15.6. The molecular formula is C17H17N3O2S. The van der Waals surface area contributed by atoms with Crippen LogP contribution in [0.2, 0.25) is 0 Å². The molecule has 0 saturated carbocycles. The van der Waals surface area contributed by atoms with E-state index in [-0.39, 0.29) is 5.56 Å². The minimum Gasteiger partial charge on any atom is -0.497 e. The standard InChI is InChI=1S/C17H17N3O2S/c1-10-7-11(2)18-15-14(10)16(21)20-17(19-15)23-9-12-5-4-6-13(8-12)22-3/h4-8H,9H2,1-3H3,(H,18,19,20,21). The molecule has 0 aliphatic rings. The lowest BCUT2D eigenvalue weighted by Gasteiger charge is -2.06. The molecule has 3 rings (SSSR count). The van der Waals surface area contributed by atoms with E-state index in [9.17, 15) is 4.79 Å². The number of pyridine rings is 1. The highest BCUT2D eigenvalue weighted by molar-refractivity contribution is 7.98. The van der Waals surface area contributed by atoms with Crippen LogP contribution in [0.4, 0.5) is 0 Å². The minimum atomic E-state index is -0.145. The molecule has 2 aromatic heterocycles. The van der Waals surface area contributed by atoms with Crippen LogP contribution in [-0.2, 0) is 5.75 Å². The third kappa shape index (κ3) is 3.37. The average molecular weight is 327 g/mol. The van der Waals surface area contributed by atoms with Crippen molar-refractivity contribution in [2.24, 2.45) is 0 Å². The van der Waals surface area contributed by atoms with E-state index in [4.69, 9.17) is 4.74 Å². The van der Waals surface area contributed by atoms with E-state index < -0.39 is 0 Å². The van der Waals surface area contributed by atoms with Crippen molar-refractivity contribution in [1.82, 2.24) is 15.0 Å². The van der Waals surface area contributed by atoms with Crippen LogP contribution in [0.1, 0.15) is 16.8 Å². The van der Waals surface area contributed by atoms with Gasteiger partial charge in [0.15, 0.2) is 10.8 Å². The Morgan fingerprint density at radius 2 is 2.04 bits per heavy atom. The number of aromatic amines is 1. The van der Waals surface area contributed by atoms with Crippen molar-refractivity contribution < 1.29 is 4.74 Å². The van der Waals surface area contributed by atoms with Gasteiger partial charge in [-0.2, -0.15) is 0 Å². The fraction of sp³-hybridized carbons (Fsp3) is 0.235. The predicted octanol–water partition coefficient (Wildman–Crippen LogP) is 3.24. The maximum Gasteiger partial charge on any atom is 0.261 e. The molecule has 0 aliphatic heterocycles. The Morgan fingerprint density at radius 3 is 2.83 bits per heavy atom. The highest BCUT2D eigenvalue weighted by Crippen LogP contribution is 2.22. The number of methoxy groups -OCH3 is 1. The van der Waals surface area contributed by atoms with Gasteiger partial charge in [-0.1, -0.05) is 23.9 Å². The Kier molecular flexibility index (Phi) is 4.34. The first-order chi connectivity index (χ1) is 11.1. The Labute approximate surface area is 138 Å². The number of aromatic nitrogens is 3. The first-order valence-corrected chi connectivity index (χ1v) is 8.19. The number of aryl methyl sites for hydroxylation is 2. The number of thioether (sulfide) groups is 1. The zero-order chi connectivity index (χ0) is 16.4. The summed E-state index contributed by atoms with van der Waals surface area (Å²) in [5.74, 6) is 1.51. The summed E-state index contributed by atoms with van der Waals surface area (Å²) in [5.41, 5.74) is 3.21. The fourth-order valence-corrected chi connectivity index (χ4v) is 3.24. The summed E-state index contributed by atoms with van der Waals surface area (Å²) >= 11 is 1.47. The Morgan fingerprint density at radius 1 is 1.22 bits per heavy atom. The van der Waals surface area contributed by atoms with Crippen LogP contribution in [0.5, 0.6) is 5.75 Å². The largest absolute Gasteiger partial charge is 0.497 e. The highest BCUT2D eigenvalue weighted by atomic mass is 32.2. The van der Waals surface area contributed by atoms with E-state index in [1.165, 1.54) is 11.8 Å². The lowest BCUT2D eigenvalue weighted by atomic mass is 10.2. The van der Waals surface area contributed by atoms with Gasteiger partial charge in [-0.25, -0.2) is 9.97 Å². The highest BCUT2D eigenvalue weighted by Gasteiger charge is 2.09. The van der Waals surface area contributed by atoms with Crippen LogP contribution in [0.25, 0.3) is 11.0 Å². The second-order valence-corrected chi connectivity index (χ2v) is 6.25. The van der Waals surface area contributed by atoms with Crippen molar-refractivity contribution in [2.45, 2.75) is 24.8 Å². The number of hydrogen-bond acceptors (Lipinski definition) is 5. The van der Waals surface area contributed by atoms with E-state index in [2.05, 4.69) is 15.0 Å². The van der Waals surface area contributed by atoms with Crippen molar-refractivity contribution in [2.75, 3.05) is 7.11 Å². The van der Waals surface area contributed by atoms with E-state index >= 15 is 0 Å². The Hall–Kier alpha value is -2.34. The maximum atomic E-state index is 12.3. The van der Waals surface area contributed by atoms with Crippen LogP contribution in [0.3, 0.4) is 0 Å². The second kappa shape index (κ2) is 6.42. The molecule has 118 valence electrons. The average Bonchev–Trinajstić information content (AvgIpc) is 2.52. The van der Waals surface area contributed by atoms with Crippen molar-refractivity contribution in [3.63, 3.8) is 0 Å². The molecule has 0 saturated heterocycles. The summed E-state index contributed by atoms with van der Waals surface area (Å²) in [6.07, 6.45) is 0. The molecule has 0 radical (unpaired) electrons. The molecule has 0 unspecified atom stereocenters. The van der Waals surface area contributed by atoms with Gasteiger partial charge in [0, 0.05) is 11.4 Å². The molecule has 0 aliphatic carbocycles. The predicted molar refractivity (Wildman–Crippen MR) is 92.2 cm³/mol. The van der Waals surface area contributed by atoms with Gasteiger partial charge in [-0.15, -0.1) is 0 Å². The second-order valence-electron chi connectivity index (χ2n) is 5.29. The van der Waals surface area contributed by atoms with E-state index in [1.54, 1.807) is 7.11 Å². The topological polar surface area (TPSA) is 67.9 Å². The Bertz CT molecular complexity index is 921. The Balaban J connectivity index is 1.90. The van der Waals surface area contributed by atoms with Crippen molar-refractivity contribution in [3.8, 4) is 5.75 Å². The number of nitrogens with one attached hydrogen (secondary N) is 1. The molecule has 23 heavy (non-hydrogen) atoms. The van der Waals surface area contributed by atoms with Crippen LogP contribution in [-0.4, -0.2) is 22.1 Å². The van der Waals surface area contributed by atoms with Gasteiger partial charge in [0.2, 0.25) is 0 Å². The zero-order valence-electron chi connectivity index (χ0n) is 13.2. The van der Waals surface area contributed by atoms with Crippen LogP contribution in [0, 0.1) is 13.8 Å². The third-order valence-electron chi connectivity index (χ3n) is 3.49. The molecule has 0 atom stereocenters. The van der Waals surface area contributed by atoms with E-state index in [0.717, 1.165) is 22.6 Å². The molecule has 6 heteroatoms. The molecule has 0 fully saturated rings. The fourth-order valence-electron chi connectivity index (χ4n) is 2.44. The van der Waals surface area contributed by atoms with E-state index in [1.807, 2.05) is 44.2 Å². The van der Waals surface area contributed by atoms with Gasteiger partial charge < -0.3 is 9.72 Å². The SMILES string of the molecule is COc1cccc(CSc2nc3nc(C)cc(C)c3c(=O)[nH]2)c1. The van der Waals surface area contributed by atoms with Gasteiger partial charge in [0.05, 0.1) is 12.5 Å². The summed E-state index contributed by atoms with van der Waals surface area (Å²) in [4.78, 5) is 24.0. The van der Waals surface area contributed by atoms with Crippen LogP contribution in [0.15, 0.2) is 40.3 Å². The van der Waals surface area contributed by atoms with Gasteiger partial charge in [-0.3, -0.25) is 4.79 Å². The van der Waals surface area contributed by atoms with Crippen LogP contribution >= 0.6 is 11.8 Å². The van der Waals surface area contributed by atoms with Crippen molar-refractivity contribution >= 4 is 22.8 Å². The summed E-state index contributed by atoms with van der Waals surface area (Å²) in [5, 5.41) is 1.13. The normalized spacial score (nSPS) is 10.9. The number of nitrogens with zero attached hydrogens (tertiary/aromatic N) is 2. The van der Waals surface area contributed by atoms with Gasteiger partial charge in [-0.05, 0) is 43.2 Å². The lowest BCUT2D eigenvalue weighted by molar-refractivity contribution is 0.414. The maximum absolute atomic E-state index is 12.3. The molecule has 5 nitrogen and oxygen atoms in total. The summed E-state index contributed by atoms with van der Waals surface area (Å²) < 4.78 is 5.22. The van der Waals surface area contributed by atoms with Gasteiger partial charge in [0.25, 0.3) is 5.56 Å². The van der Waals surface area contributed by atoms with Crippen molar-refractivity contribution in [3.05, 3.63) is 57.5 Å². The molecule has 1 aromatic carbocycles. The van der Waals surface area contributed by atoms with Crippen LogP contribution < -0.4 is 10.3 Å². The van der Waals surface area contributed by atoms with Gasteiger partial charge in [0.1, 0.15) is 5.75 Å². The molecule has 1 N–H and O–H groups in total. The smallest absolute Gasteiger partial charge is 0.261 e. The molecule has 0 bridgehead atoms. The molecule has 2 heterocycles. The molecular weight excluding hydrogens is 310 g/mol. The van der Waals surface area contributed by atoms with Gasteiger partial charge >= 0.3 is 0 Å². The number of benzene rings is 1. The first-order valence-electron chi connectivity index (χ1n) is 7.21. The van der Waals surface area contributed by atoms with E-state index in [0.29, 0.717) is 21.9 Å². The number of H-pyrrole nitrogens is 1.